The van der Waals surface area contributed by atoms with Crippen LogP contribution in [0.3, 0.4) is 0 Å². The number of morpholine rings is 1. The standard InChI is InChI=1S/C13H19N5O5S/c1-7-10(24-13(16-7)17-12(14)15)11(20)18-3-4-21-9(5-18)6-22-23-8(2)19/h9H,3-6H2,1-2H3,(H4,14,15,16,17). The molecule has 11 heteroatoms. The van der Waals surface area contributed by atoms with Crippen molar-refractivity contribution in [3.8, 4) is 0 Å². The zero-order valence-corrected chi connectivity index (χ0v) is 14.2. The van der Waals surface area contributed by atoms with E-state index in [2.05, 4.69) is 14.9 Å². The molecule has 0 aliphatic carbocycles. The lowest BCUT2D eigenvalue weighted by Crippen LogP contribution is -2.47. The number of nitrogens with two attached hydrogens (primary N) is 2. The van der Waals surface area contributed by atoms with Gasteiger partial charge in [0, 0.05) is 20.0 Å². The zero-order chi connectivity index (χ0) is 17.7. The van der Waals surface area contributed by atoms with Gasteiger partial charge >= 0.3 is 5.97 Å². The number of rotatable bonds is 5. The van der Waals surface area contributed by atoms with Gasteiger partial charge in [-0.15, -0.1) is 0 Å². The first-order valence-electron chi connectivity index (χ1n) is 7.14. The Hall–Kier alpha value is -2.24. The van der Waals surface area contributed by atoms with Gasteiger partial charge < -0.3 is 21.1 Å². The van der Waals surface area contributed by atoms with Gasteiger partial charge in [0.1, 0.15) is 17.6 Å². The minimum Gasteiger partial charge on any atom is -0.372 e. The maximum absolute atomic E-state index is 12.7. The lowest BCUT2D eigenvalue weighted by molar-refractivity contribution is -0.284. The van der Waals surface area contributed by atoms with Crippen molar-refractivity contribution in [2.45, 2.75) is 20.0 Å². The average molecular weight is 357 g/mol. The number of carbonyl (C=O) groups excluding carboxylic acids is 2. The number of carbonyl (C=O) groups is 2. The van der Waals surface area contributed by atoms with Crippen LogP contribution in [0.25, 0.3) is 0 Å². The second-order valence-corrected chi connectivity index (χ2v) is 6.03. The number of nitrogens with zero attached hydrogens (tertiary/aromatic N) is 3. The molecule has 1 atom stereocenters. The first kappa shape index (κ1) is 18.1. The summed E-state index contributed by atoms with van der Waals surface area (Å²) < 4.78 is 5.49. The van der Waals surface area contributed by atoms with Crippen LogP contribution in [0.5, 0.6) is 0 Å². The quantitative estimate of drug-likeness (QED) is 0.316. The van der Waals surface area contributed by atoms with E-state index in [9.17, 15) is 9.59 Å². The highest BCUT2D eigenvalue weighted by molar-refractivity contribution is 7.17. The summed E-state index contributed by atoms with van der Waals surface area (Å²) >= 11 is 1.12. The molecule has 10 nitrogen and oxygen atoms in total. The second kappa shape index (κ2) is 8.04. The van der Waals surface area contributed by atoms with Gasteiger partial charge in [-0.1, -0.05) is 11.3 Å². The molecule has 0 spiro atoms. The van der Waals surface area contributed by atoms with E-state index < -0.39 is 5.97 Å². The van der Waals surface area contributed by atoms with Crippen molar-refractivity contribution in [1.82, 2.24) is 9.88 Å². The average Bonchev–Trinajstić information content (AvgIpc) is 2.86. The van der Waals surface area contributed by atoms with Crippen LogP contribution in [-0.4, -0.2) is 60.1 Å². The van der Waals surface area contributed by atoms with Gasteiger partial charge in [0.15, 0.2) is 5.96 Å². The summed E-state index contributed by atoms with van der Waals surface area (Å²) in [4.78, 5) is 42.6. The van der Waals surface area contributed by atoms with Gasteiger partial charge in [-0.25, -0.2) is 9.78 Å². The summed E-state index contributed by atoms with van der Waals surface area (Å²) in [6, 6.07) is 0. The summed E-state index contributed by atoms with van der Waals surface area (Å²) in [6.07, 6.45) is -0.382. The van der Waals surface area contributed by atoms with Crippen molar-refractivity contribution in [2.75, 3.05) is 26.3 Å². The Morgan fingerprint density at radius 3 is 2.92 bits per heavy atom. The SMILES string of the molecule is CC(=O)OOCC1CN(C(=O)c2sc(N=C(N)N)nc2C)CCO1. The molecule has 0 bridgehead atoms. The van der Waals surface area contributed by atoms with E-state index in [0.29, 0.717) is 35.4 Å². The fourth-order valence-corrected chi connectivity index (χ4v) is 3.01. The lowest BCUT2D eigenvalue weighted by Gasteiger charge is -2.32. The molecule has 24 heavy (non-hydrogen) atoms. The van der Waals surface area contributed by atoms with Crippen molar-refractivity contribution in [3.63, 3.8) is 0 Å². The molecule has 132 valence electrons. The van der Waals surface area contributed by atoms with Crippen LogP contribution in [0, 0.1) is 6.92 Å². The Balaban J connectivity index is 2.00. The predicted octanol–water partition coefficient (Wildman–Crippen LogP) is -0.308. The van der Waals surface area contributed by atoms with Crippen molar-refractivity contribution in [1.29, 1.82) is 0 Å². The normalized spacial score (nSPS) is 17.4. The van der Waals surface area contributed by atoms with E-state index in [1.54, 1.807) is 11.8 Å². The minimum atomic E-state index is -0.550. The second-order valence-electron chi connectivity index (χ2n) is 5.05. The summed E-state index contributed by atoms with van der Waals surface area (Å²) in [5.74, 6) is -0.842. The Morgan fingerprint density at radius 2 is 2.25 bits per heavy atom. The van der Waals surface area contributed by atoms with Gasteiger partial charge in [0.05, 0.1) is 12.3 Å². The van der Waals surface area contributed by atoms with Crippen molar-refractivity contribution in [2.24, 2.45) is 16.5 Å². The molecule has 1 saturated heterocycles. The molecule has 1 aliphatic rings. The van der Waals surface area contributed by atoms with Crippen molar-refractivity contribution in [3.05, 3.63) is 10.6 Å². The third-order valence-electron chi connectivity index (χ3n) is 3.06. The molecule has 1 aromatic heterocycles. The molecule has 0 radical (unpaired) electrons. The number of aliphatic imine (C=N–C) groups is 1. The highest BCUT2D eigenvalue weighted by Crippen LogP contribution is 2.26. The fourth-order valence-electron chi connectivity index (χ4n) is 2.08. The van der Waals surface area contributed by atoms with Crippen molar-refractivity contribution < 1.29 is 24.1 Å². The molecule has 0 saturated carbocycles. The van der Waals surface area contributed by atoms with E-state index in [0.717, 1.165) is 11.3 Å². The molecule has 2 rings (SSSR count). The number of thiazole rings is 1. The number of hydrogen-bond acceptors (Lipinski definition) is 8. The van der Waals surface area contributed by atoms with Crippen LogP contribution in [0.2, 0.25) is 0 Å². The van der Waals surface area contributed by atoms with E-state index in [1.807, 2.05) is 0 Å². The molecule has 1 amide bonds. The molecule has 1 unspecified atom stereocenters. The van der Waals surface area contributed by atoms with Crippen LogP contribution in [0.15, 0.2) is 4.99 Å². The Bertz CT molecular complexity index is 643. The summed E-state index contributed by atoms with van der Waals surface area (Å²) in [6.45, 7) is 4.12. The number of guanidine groups is 1. The van der Waals surface area contributed by atoms with Crippen LogP contribution < -0.4 is 11.5 Å². The summed E-state index contributed by atoms with van der Waals surface area (Å²) in [5, 5.41) is 0.332. The molecular formula is C13H19N5O5S. The highest BCUT2D eigenvalue weighted by Gasteiger charge is 2.28. The topological polar surface area (TPSA) is 142 Å². The smallest absolute Gasteiger partial charge is 0.339 e. The maximum atomic E-state index is 12.7. The molecule has 1 fully saturated rings. The number of hydrogen-bond donors (Lipinski definition) is 2. The van der Waals surface area contributed by atoms with E-state index in [1.165, 1.54) is 6.92 Å². The van der Waals surface area contributed by atoms with E-state index in [4.69, 9.17) is 21.1 Å². The molecule has 0 aromatic carbocycles. The predicted molar refractivity (Wildman–Crippen MR) is 85.7 cm³/mol. The number of ether oxygens (including phenoxy) is 1. The Kier molecular flexibility index (Phi) is 6.06. The summed E-state index contributed by atoms with van der Waals surface area (Å²) in [7, 11) is 0. The third-order valence-corrected chi connectivity index (χ3v) is 4.10. The number of amides is 1. The molecule has 1 aromatic rings. The largest absolute Gasteiger partial charge is 0.372 e. The van der Waals surface area contributed by atoms with Crippen molar-refractivity contribution >= 4 is 34.3 Å². The van der Waals surface area contributed by atoms with Crippen LogP contribution in [0.4, 0.5) is 5.13 Å². The highest BCUT2D eigenvalue weighted by atomic mass is 32.1. The van der Waals surface area contributed by atoms with E-state index >= 15 is 0 Å². The van der Waals surface area contributed by atoms with Gasteiger partial charge in [0.2, 0.25) is 5.13 Å². The van der Waals surface area contributed by atoms with Crippen LogP contribution in [0.1, 0.15) is 22.3 Å². The van der Waals surface area contributed by atoms with Gasteiger partial charge in [0.25, 0.3) is 5.91 Å². The Labute approximate surface area is 142 Å². The fraction of sp³-hybridized carbons (Fsp3) is 0.538. The molecule has 2 heterocycles. The molecular weight excluding hydrogens is 338 g/mol. The van der Waals surface area contributed by atoms with Gasteiger partial charge in [-0.3, -0.25) is 9.68 Å². The van der Waals surface area contributed by atoms with Crippen LogP contribution in [-0.2, 0) is 19.3 Å². The van der Waals surface area contributed by atoms with Gasteiger partial charge in [-0.05, 0) is 6.92 Å². The summed E-state index contributed by atoms with van der Waals surface area (Å²) in [5.41, 5.74) is 11.2. The zero-order valence-electron chi connectivity index (χ0n) is 13.4. The van der Waals surface area contributed by atoms with Gasteiger partial charge in [-0.2, -0.15) is 9.88 Å². The first-order chi connectivity index (χ1) is 11.4. The minimum absolute atomic E-state index is 0.0459. The van der Waals surface area contributed by atoms with Crippen LogP contribution >= 0.6 is 11.3 Å². The Morgan fingerprint density at radius 1 is 1.50 bits per heavy atom. The lowest BCUT2D eigenvalue weighted by atomic mass is 10.2. The maximum Gasteiger partial charge on any atom is 0.339 e. The molecule has 4 N–H and O–H groups in total. The monoisotopic (exact) mass is 357 g/mol. The third kappa shape index (κ3) is 4.88. The number of aromatic nitrogens is 1. The molecule has 1 aliphatic heterocycles. The van der Waals surface area contributed by atoms with E-state index in [-0.39, 0.29) is 24.6 Å². The first-order valence-corrected chi connectivity index (χ1v) is 7.96. The number of aryl methyl sites for hydroxylation is 1.